The van der Waals surface area contributed by atoms with Crippen LogP contribution in [0.2, 0.25) is 0 Å². The molecule has 0 amide bonds. The minimum Gasteiger partial charge on any atom is -0.308 e. The molecule has 112 valence electrons. The molecule has 0 aliphatic carbocycles. The van der Waals surface area contributed by atoms with Gasteiger partial charge in [-0.3, -0.25) is 4.98 Å². The number of nitrogens with one attached hydrogen (secondary N) is 1. The maximum atomic E-state index is 13.3. The molecule has 2 nitrogen and oxygen atoms in total. The fraction of sp³-hybridized carbons (Fsp3) is 0.353. The van der Waals surface area contributed by atoms with Crippen LogP contribution >= 0.6 is 0 Å². The van der Waals surface area contributed by atoms with Crippen molar-refractivity contribution in [3.8, 4) is 0 Å². The molecule has 0 aliphatic rings. The van der Waals surface area contributed by atoms with Crippen molar-refractivity contribution >= 4 is 0 Å². The zero-order valence-electron chi connectivity index (χ0n) is 12.4. The van der Waals surface area contributed by atoms with Crippen molar-refractivity contribution in [3.63, 3.8) is 0 Å². The largest absolute Gasteiger partial charge is 0.308 e. The molecule has 0 saturated carbocycles. The zero-order valence-corrected chi connectivity index (χ0v) is 12.4. The average Bonchev–Trinajstić information content (AvgIpc) is 2.43. The van der Waals surface area contributed by atoms with E-state index in [0.29, 0.717) is 12.0 Å². The van der Waals surface area contributed by atoms with Crippen molar-refractivity contribution in [2.75, 3.05) is 6.54 Å². The van der Waals surface area contributed by atoms with Crippen molar-refractivity contribution in [3.05, 3.63) is 65.0 Å². The van der Waals surface area contributed by atoms with Gasteiger partial charge >= 0.3 is 0 Å². The van der Waals surface area contributed by atoms with Crippen LogP contribution in [0.25, 0.3) is 0 Å². The molecule has 0 radical (unpaired) electrons. The number of halogens is 2. The highest BCUT2D eigenvalue weighted by atomic mass is 19.1. The van der Waals surface area contributed by atoms with Gasteiger partial charge in [-0.05, 0) is 55.6 Å². The molecular formula is C17H20F2N2. The van der Waals surface area contributed by atoms with Gasteiger partial charge in [0.1, 0.15) is 11.6 Å². The number of benzene rings is 1. The first-order chi connectivity index (χ1) is 10.1. The maximum absolute atomic E-state index is 13.3. The Kier molecular flexibility index (Phi) is 5.39. The Labute approximate surface area is 124 Å². The second kappa shape index (κ2) is 7.27. The summed E-state index contributed by atoms with van der Waals surface area (Å²) in [6.07, 6.45) is 3.24. The van der Waals surface area contributed by atoms with Gasteiger partial charge in [0.2, 0.25) is 0 Å². The van der Waals surface area contributed by atoms with Crippen molar-refractivity contribution in [2.24, 2.45) is 0 Å². The molecule has 2 rings (SSSR count). The van der Waals surface area contributed by atoms with E-state index in [1.165, 1.54) is 12.1 Å². The Hall–Kier alpha value is -1.81. The quantitative estimate of drug-likeness (QED) is 0.871. The summed E-state index contributed by atoms with van der Waals surface area (Å²) < 4.78 is 26.7. The van der Waals surface area contributed by atoms with Gasteiger partial charge in [-0.15, -0.1) is 0 Å². The average molecular weight is 290 g/mol. The standard InChI is InChI=1S/C17H20F2N2/c1-3-6-20-16(17-12(2)5-4-7-21-17)10-13-8-14(18)11-15(19)9-13/h4-5,7-9,11,16,20H,3,6,10H2,1-2H3. The number of aromatic nitrogens is 1. The van der Waals surface area contributed by atoms with Gasteiger partial charge in [0.25, 0.3) is 0 Å². The van der Waals surface area contributed by atoms with Crippen molar-refractivity contribution in [2.45, 2.75) is 32.7 Å². The summed E-state index contributed by atoms with van der Waals surface area (Å²) >= 11 is 0. The maximum Gasteiger partial charge on any atom is 0.126 e. The Morgan fingerprint density at radius 2 is 1.90 bits per heavy atom. The van der Waals surface area contributed by atoms with E-state index in [1.54, 1.807) is 6.20 Å². The minimum atomic E-state index is -0.544. The van der Waals surface area contributed by atoms with Gasteiger partial charge in [0.05, 0.1) is 11.7 Å². The summed E-state index contributed by atoms with van der Waals surface area (Å²) in [6.45, 7) is 4.91. The van der Waals surface area contributed by atoms with Crippen molar-refractivity contribution in [1.82, 2.24) is 10.3 Å². The summed E-state index contributed by atoms with van der Waals surface area (Å²) in [7, 11) is 0. The number of hydrogen-bond acceptors (Lipinski definition) is 2. The summed E-state index contributed by atoms with van der Waals surface area (Å²) in [4.78, 5) is 4.42. The van der Waals surface area contributed by atoms with E-state index in [1.807, 2.05) is 19.1 Å². The highest BCUT2D eigenvalue weighted by molar-refractivity contribution is 5.25. The third kappa shape index (κ3) is 4.33. The van der Waals surface area contributed by atoms with Crippen LogP contribution in [-0.4, -0.2) is 11.5 Å². The lowest BCUT2D eigenvalue weighted by Gasteiger charge is -2.20. The molecule has 4 heteroatoms. The molecule has 1 aromatic heterocycles. The molecule has 1 aromatic carbocycles. The number of rotatable bonds is 6. The summed E-state index contributed by atoms with van der Waals surface area (Å²) in [6, 6.07) is 7.48. The molecule has 2 aromatic rings. The van der Waals surface area contributed by atoms with E-state index in [9.17, 15) is 8.78 Å². The van der Waals surface area contributed by atoms with Crippen LogP contribution in [0, 0.1) is 18.6 Å². The van der Waals surface area contributed by atoms with Crippen LogP contribution in [0.15, 0.2) is 36.5 Å². The summed E-state index contributed by atoms with van der Waals surface area (Å²) in [5.41, 5.74) is 2.63. The van der Waals surface area contributed by atoms with Crippen LogP contribution in [-0.2, 0) is 6.42 Å². The lowest BCUT2D eigenvalue weighted by Crippen LogP contribution is -2.25. The van der Waals surface area contributed by atoms with Gasteiger partial charge in [-0.25, -0.2) is 8.78 Å². The first-order valence-corrected chi connectivity index (χ1v) is 7.20. The van der Waals surface area contributed by atoms with E-state index >= 15 is 0 Å². The molecule has 1 heterocycles. The number of pyridine rings is 1. The molecule has 0 spiro atoms. The monoisotopic (exact) mass is 290 g/mol. The van der Waals surface area contributed by atoms with E-state index in [0.717, 1.165) is 30.3 Å². The third-order valence-corrected chi connectivity index (χ3v) is 3.38. The fourth-order valence-corrected chi connectivity index (χ4v) is 2.41. The fourth-order valence-electron chi connectivity index (χ4n) is 2.41. The summed E-state index contributed by atoms with van der Waals surface area (Å²) in [5, 5.41) is 3.41. The minimum absolute atomic E-state index is 0.0488. The van der Waals surface area contributed by atoms with Crippen LogP contribution in [0.3, 0.4) is 0 Å². The summed E-state index contributed by atoms with van der Waals surface area (Å²) in [5.74, 6) is -1.09. The smallest absolute Gasteiger partial charge is 0.126 e. The molecule has 0 saturated heterocycles. The predicted molar refractivity (Wildman–Crippen MR) is 80.1 cm³/mol. The van der Waals surface area contributed by atoms with Gasteiger partial charge in [0, 0.05) is 12.3 Å². The SMILES string of the molecule is CCCNC(Cc1cc(F)cc(F)c1)c1ncccc1C. The third-order valence-electron chi connectivity index (χ3n) is 3.38. The van der Waals surface area contributed by atoms with E-state index in [4.69, 9.17) is 0 Å². The molecular weight excluding hydrogens is 270 g/mol. The lowest BCUT2D eigenvalue weighted by atomic mass is 9.99. The van der Waals surface area contributed by atoms with Gasteiger partial charge < -0.3 is 5.32 Å². The zero-order chi connectivity index (χ0) is 15.2. The van der Waals surface area contributed by atoms with Crippen LogP contribution in [0.1, 0.15) is 36.2 Å². The van der Waals surface area contributed by atoms with Crippen LogP contribution < -0.4 is 5.32 Å². The van der Waals surface area contributed by atoms with Crippen LogP contribution in [0.4, 0.5) is 8.78 Å². The Morgan fingerprint density at radius 3 is 2.52 bits per heavy atom. The normalized spacial score (nSPS) is 12.4. The first-order valence-electron chi connectivity index (χ1n) is 7.20. The Balaban J connectivity index is 2.26. The number of nitrogens with zero attached hydrogens (tertiary/aromatic N) is 1. The van der Waals surface area contributed by atoms with E-state index < -0.39 is 11.6 Å². The molecule has 0 aliphatic heterocycles. The Morgan fingerprint density at radius 1 is 1.19 bits per heavy atom. The van der Waals surface area contributed by atoms with E-state index in [2.05, 4.69) is 17.2 Å². The second-order valence-corrected chi connectivity index (χ2v) is 5.19. The molecule has 1 atom stereocenters. The molecule has 0 bridgehead atoms. The lowest BCUT2D eigenvalue weighted by molar-refractivity contribution is 0.510. The highest BCUT2D eigenvalue weighted by Crippen LogP contribution is 2.21. The number of hydrogen-bond donors (Lipinski definition) is 1. The van der Waals surface area contributed by atoms with Crippen LogP contribution in [0.5, 0.6) is 0 Å². The van der Waals surface area contributed by atoms with Crippen molar-refractivity contribution < 1.29 is 8.78 Å². The first kappa shape index (κ1) is 15.6. The topological polar surface area (TPSA) is 24.9 Å². The van der Waals surface area contributed by atoms with Gasteiger partial charge in [-0.2, -0.15) is 0 Å². The number of aryl methyl sites for hydroxylation is 1. The van der Waals surface area contributed by atoms with Gasteiger partial charge in [0.15, 0.2) is 0 Å². The molecule has 1 N–H and O–H groups in total. The highest BCUT2D eigenvalue weighted by Gasteiger charge is 2.16. The van der Waals surface area contributed by atoms with Gasteiger partial charge in [-0.1, -0.05) is 13.0 Å². The predicted octanol–water partition coefficient (Wildman–Crippen LogP) is 3.95. The molecule has 0 fully saturated rings. The molecule has 1 unspecified atom stereocenters. The Bertz CT molecular complexity index is 579. The van der Waals surface area contributed by atoms with Crippen molar-refractivity contribution in [1.29, 1.82) is 0 Å². The second-order valence-electron chi connectivity index (χ2n) is 5.19. The molecule has 21 heavy (non-hydrogen) atoms. The van der Waals surface area contributed by atoms with E-state index in [-0.39, 0.29) is 6.04 Å².